The summed E-state index contributed by atoms with van der Waals surface area (Å²) < 4.78 is 1.66. The van der Waals surface area contributed by atoms with Crippen LogP contribution in [0.1, 0.15) is 21.7 Å². The molecule has 4 rings (SSSR count). The number of pyridine rings is 1. The van der Waals surface area contributed by atoms with Crippen LogP contribution in [0.25, 0.3) is 16.9 Å². The van der Waals surface area contributed by atoms with E-state index in [-0.39, 0.29) is 5.78 Å². The number of aromatic nitrogens is 3. The number of carbonyl (C=O) groups is 1. The lowest BCUT2D eigenvalue weighted by molar-refractivity contribution is 0.102. The smallest absolute Gasteiger partial charge is 0.231 e. The van der Waals surface area contributed by atoms with Crippen LogP contribution in [-0.4, -0.2) is 20.5 Å². The average Bonchev–Trinajstić information content (AvgIpc) is 3.05. The van der Waals surface area contributed by atoms with E-state index in [0.29, 0.717) is 37.7 Å². The summed E-state index contributed by atoms with van der Waals surface area (Å²) >= 11 is 18.6. The minimum atomic E-state index is -0.262. The molecule has 0 aliphatic rings. The third-order valence-electron chi connectivity index (χ3n) is 4.49. The van der Waals surface area contributed by atoms with Crippen LogP contribution in [0.15, 0.2) is 66.9 Å². The minimum absolute atomic E-state index is 0.262. The number of benzene rings is 2. The Morgan fingerprint density at radius 1 is 0.931 bits per heavy atom. The molecule has 4 nitrogen and oxygen atoms in total. The molecular formula is C22H14Cl3N3O. The van der Waals surface area contributed by atoms with Crippen molar-refractivity contribution in [3.8, 4) is 16.9 Å². The van der Waals surface area contributed by atoms with E-state index in [2.05, 4.69) is 10.1 Å². The lowest BCUT2D eigenvalue weighted by Gasteiger charge is -2.11. The van der Waals surface area contributed by atoms with Gasteiger partial charge in [-0.05, 0) is 49.4 Å². The SMILES string of the molecule is Cc1c(C(=O)c2ccccn2)nn(-c2ccc(Cl)cc2Cl)c1-c1ccc(Cl)cc1. The molecule has 4 aromatic rings. The molecule has 0 saturated carbocycles. The van der Waals surface area contributed by atoms with Crippen molar-refractivity contribution < 1.29 is 4.79 Å². The van der Waals surface area contributed by atoms with Crippen LogP contribution in [0.3, 0.4) is 0 Å². The van der Waals surface area contributed by atoms with Crippen molar-refractivity contribution in [2.75, 3.05) is 0 Å². The summed E-state index contributed by atoms with van der Waals surface area (Å²) in [5, 5.41) is 6.17. The Morgan fingerprint density at radius 3 is 2.31 bits per heavy atom. The van der Waals surface area contributed by atoms with Crippen molar-refractivity contribution in [2.24, 2.45) is 0 Å². The molecule has 0 atom stereocenters. The van der Waals surface area contributed by atoms with Crippen molar-refractivity contribution >= 4 is 40.6 Å². The van der Waals surface area contributed by atoms with Gasteiger partial charge in [-0.2, -0.15) is 5.10 Å². The molecule has 29 heavy (non-hydrogen) atoms. The van der Waals surface area contributed by atoms with Gasteiger partial charge in [0.05, 0.1) is 16.4 Å². The molecule has 0 aliphatic heterocycles. The number of hydrogen-bond acceptors (Lipinski definition) is 3. The van der Waals surface area contributed by atoms with Gasteiger partial charge in [0.15, 0.2) is 0 Å². The van der Waals surface area contributed by atoms with Gasteiger partial charge < -0.3 is 0 Å². The first-order valence-electron chi connectivity index (χ1n) is 8.72. The van der Waals surface area contributed by atoms with Crippen LogP contribution in [-0.2, 0) is 0 Å². The van der Waals surface area contributed by atoms with Gasteiger partial charge in [-0.3, -0.25) is 9.78 Å². The molecule has 144 valence electrons. The van der Waals surface area contributed by atoms with Crippen molar-refractivity contribution in [3.63, 3.8) is 0 Å². The number of ketones is 1. The fourth-order valence-electron chi connectivity index (χ4n) is 3.10. The molecule has 0 saturated heterocycles. The lowest BCUT2D eigenvalue weighted by Crippen LogP contribution is -2.07. The highest BCUT2D eigenvalue weighted by Gasteiger charge is 2.24. The molecule has 7 heteroatoms. The Hall–Kier alpha value is -2.66. The largest absolute Gasteiger partial charge is 0.285 e. The second-order valence-electron chi connectivity index (χ2n) is 6.38. The number of hydrogen-bond donors (Lipinski definition) is 0. The molecule has 0 N–H and O–H groups in total. The molecule has 0 spiro atoms. The predicted molar refractivity (Wildman–Crippen MR) is 116 cm³/mol. The first-order chi connectivity index (χ1) is 14.0. The van der Waals surface area contributed by atoms with E-state index in [1.54, 1.807) is 59.4 Å². The Labute approximate surface area is 182 Å². The Bertz CT molecular complexity index is 1200. The molecule has 2 heterocycles. The summed E-state index contributed by atoms with van der Waals surface area (Å²) in [5.74, 6) is -0.262. The highest BCUT2D eigenvalue weighted by molar-refractivity contribution is 6.35. The maximum absolute atomic E-state index is 13.1. The van der Waals surface area contributed by atoms with Gasteiger partial charge >= 0.3 is 0 Å². The minimum Gasteiger partial charge on any atom is -0.285 e. The van der Waals surface area contributed by atoms with Crippen LogP contribution >= 0.6 is 34.8 Å². The van der Waals surface area contributed by atoms with Crippen LogP contribution < -0.4 is 0 Å². The molecular weight excluding hydrogens is 429 g/mol. The molecule has 0 radical (unpaired) electrons. The highest BCUT2D eigenvalue weighted by Crippen LogP contribution is 2.33. The molecule has 0 aliphatic carbocycles. The topological polar surface area (TPSA) is 47.8 Å². The van der Waals surface area contributed by atoms with E-state index < -0.39 is 0 Å². The van der Waals surface area contributed by atoms with Gasteiger partial charge in [0.2, 0.25) is 5.78 Å². The molecule has 0 bridgehead atoms. The molecule has 2 aromatic heterocycles. The van der Waals surface area contributed by atoms with E-state index in [1.807, 2.05) is 19.1 Å². The Kier molecular flexibility index (Phi) is 5.41. The lowest BCUT2D eigenvalue weighted by atomic mass is 10.0. The summed E-state index contributed by atoms with van der Waals surface area (Å²) in [6, 6.07) is 17.7. The fourth-order valence-corrected chi connectivity index (χ4v) is 3.72. The van der Waals surface area contributed by atoms with E-state index in [0.717, 1.165) is 11.3 Å². The van der Waals surface area contributed by atoms with Gasteiger partial charge in [-0.1, -0.05) is 53.0 Å². The monoisotopic (exact) mass is 441 g/mol. The Balaban J connectivity index is 1.96. The molecule has 0 amide bonds. The van der Waals surface area contributed by atoms with Crippen LogP contribution in [0, 0.1) is 6.92 Å². The quantitative estimate of drug-likeness (QED) is 0.342. The van der Waals surface area contributed by atoms with Gasteiger partial charge in [0, 0.05) is 27.4 Å². The van der Waals surface area contributed by atoms with Gasteiger partial charge in [-0.15, -0.1) is 0 Å². The predicted octanol–water partition coefficient (Wildman–Crippen LogP) is 6.43. The number of nitrogens with zero attached hydrogens (tertiary/aromatic N) is 3. The zero-order chi connectivity index (χ0) is 20.5. The maximum atomic E-state index is 13.1. The second kappa shape index (κ2) is 7.99. The fraction of sp³-hybridized carbons (Fsp3) is 0.0455. The molecule has 2 aromatic carbocycles. The first-order valence-corrected chi connectivity index (χ1v) is 9.86. The normalized spacial score (nSPS) is 10.9. The third-order valence-corrected chi connectivity index (χ3v) is 5.28. The number of halogens is 3. The molecule has 0 fully saturated rings. The van der Waals surface area contributed by atoms with Crippen LogP contribution in [0.5, 0.6) is 0 Å². The standard InChI is InChI=1S/C22H14Cl3N3O/c1-13-20(22(29)18-4-2-3-11-26-18)27-28(19-10-9-16(24)12-17(19)25)21(13)14-5-7-15(23)8-6-14/h2-12H,1H3. The van der Waals surface area contributed by atoms with E-state index >= 15 is 0 Å². The summed E-state index contributed by atoms with van der Waals surface area (Å²) in [4.78, 5) is 17.2. The zero-order valence-corrected chi connectivity index (χ0v) is 17.5. The molecule has 0 unspecified atom stereocenters. The number of carbonyl (C=O) groups excluding carboxylic acids is 1. The second-order valence-corrected chi connectivity index (χ2v) is 7.66. The van der Waals surface area contributed by atoms with Crippen molar-refractivity contribution in [1.82, 2.24) is 14.8 Å². The van der Waals surface area contributed by atoms with Gasteiger partial charge in [0.25, 0.3) is 0 Å². The average molecular weight is 443 g/mol. The third kappa shape index (κ3) is 3.79. The van der Waals surface area contributed by atoms with Crippen molar-refractivity contribution in [2.45, 2.75) is 6.92 Å². The summed E-state index contributed by atoms with van der Waals surface area (Å²) in [6.07, 6.45) is 1.58. The van der Waals surface area contributed by atoms with Crippen molar-refractivity contribution in [1.29, 1.82) is 0 Å². The van der Waals surface area contributed by atoms with Crippen LogP contribution in [0.4, 0.5) is 0 Å². The van der Waals surface area contributed by atoms with E-state index in [9.17, 15) is 4.79 Å². The summed E-state index contributed by atoms with van der Waals surface area (Å²) in [5.41, 5.74) is 3.55. The highest BCUT2D eigenvalue weighted by atomic mass is 35.5. The van der Waals surface area contributed by atoms with Crippen molar-refractivity contribution in [3.05, 3.63) is 98.9 Å². The van der Waals surface area contributed by atoms with E-state index in [4.69, 9.17) is 34.8 Å². The van der Waals surface area contributed by atoms with Gasteiger partial charge in [-0.25, -0.2) is 4.68 Å². The first kappa shape index (κ1) is 19.6. The maximum Gasteiger partial charge on any atom is 0.231 e. The van der Waals surface area contributed by atoms with Crippen LogP contribution in [0.2, 0.25) is 15.1 Å². The number of rotatable bonds is 4. The van der Waals surface area contributed by atoms with E-state index in [1.165, 1.54) is 0 Å². The zero-order valence-electron chi connectivity index (χ0n) is 15.2. The van der Waals surface area contributed by atoms with Gasteiger partial charge in [0.1, 0.15) is 11.4 Å². The summed E-state index contributed by atoms with van der Waals surface area (Å²) in [6.45, 7) is 1.85. The summed E-state index contributed by atoms with van der Waals surface area (Å²) in [7, 11) is 0. The Morgan fingerprint density at radius 2 is 1.66 bits per heavy atom.